The Kier molecular flexibility index (Phi) is 6.95. The molecule has 1 aliphatic rings. The van der Waals surface area contributed by atoms with E-state index in [-0.39, 0.29) is 17.7 Å². The molecular formula is C23H22Cl2FN5O2. The van der Waals surface area contributed by atoms with Crippen LogP contribution in [-0.2, 0) is 4.74 Å². The highest BCUT2D eigenvalue weighted by Gasteiger charge is 2.27. The molecule has 1 unspecified atom stereocenters. The second-order valence-electron chi connectivity index (χ2n) is 7.63. The summed E-state index contributed by atoms with van der Waals surface area (Å²) in [7, 11) is 0. The van der Waals surface area contributed by atoms with Gasteiger partial charge in [-0.3, -0.25) is 0 Å². The monoisotopic (exact) mass is 489 g/mol. The number of esters is 1. The van der Waals surface area contributed by atoms with Gasteiger partial charge in [-0.2, -0.15) is 0 Å². The predicted octanol–water partition coefficient (Wildman–Crippen LogP) is 4.88. The second-order valence-corrected chi connectivity index (χ2v) is 8.44. The third-order valence-electron chi connectivity index (χ3n) is 5.42. The van der Waals surface area contributed by atoms with Crippen molar-refractivity contribution in [3.63, 3.8) is 0 Å². The molecule has 10 heteroatoms. The molecule has 1 saturated heterocycles. The van der Waals surface area contributed by atoms with Gasteiger partial charge in [-0.05, 0) is 38.1 Å². The fourth-order valence-electron chi connectivity index (χ4n) is 3.80. The van der Waals surface area contributed by atoms with Gasteiger partial charge in [0.05, 0.1) is 27.9 Å². The van der Waals surface area contributed by atoms with Crippen LogP contribution in [0, 0.1) is 5.82 Å². The van der Waals surface area contributed by atoms with Gasteiger partial charge >= 0.3 is 5.97 Å². The fourth-order valence-corrected chi connectivity index (χ4v) is 4.26. The van der Waals surface area contributed by atoms with E-state index in [1.54, 1.807) is 25.1 Å². The first-order valence-corrected chi connectivity index (χ1v) is 11.2. The molecule has 33 heavy (non-hydrogen) atoms. The van der Waals surface area contributed by atoms with Crippen molar-refractivity contribution >= 4 is 40.8 Å². The van der Waals surface area contributed by atoms with Gasteiger partial charge in [0.15, 0.2) is 0 Å². The number of rotatable bonds is 5. The van der Waals surface area contributed by atoms with E-state index < -0.39 is 11.8 Å². The molecule has 4 rings (SSSR count). The summed E-state index contributed by atoms with van der Waals surface area (Å²) < 4.78 is 18.5. The van der Waals surface area contributed by atoms with Crippen LogP contribution >= 0.6 is 23.2 Å². The standard InChI is InChI=1S/C23H22Cl2FN5O2/c1-3-33-23(32)16-9-18(25)22(27-11-16)30-6-7-31(14(2)12-30)21-10-20(28-13-29-21)15-4-5-19(26)17(24)8-15/h4-5,8-11,13-14H,3,6-7,12H2,1-2H3. The molecule has 0 amide bonds. The summed E-state index contributed by atoms with van der Waals surface area (Å²) in [4.78, 5) is 29.3. The van der Waals surface area contributed by atoms with E-state index in [9.17, 15) is 9.18 Å². The molecule has 0 saturated carbocycles. The van der Waals surface area contributed by atoms with Gasteiger partial charge in [0.1, 0.15) is 23.8 Å². The summed E-state index contributed by atoms with van der Waals surface area (Å²) in [6.07, 6.45) is 2.98. The van der Waals surface area contributed by atoms with Gasteiger partial charge in [-0.15, -0.1) is 0 Å². The van der Waals surface area contributed by atoms with Crippen LogP contribution in [0.4, 0.5) is 16.0 Å². The van der Waals surface area contributed by atoms with Crippen LogP contribution in [0.1, 0.15) is 24.2 Å². The van der Waals surface area contributed by atoms with Crippen molar-refractivity contribution in [2.24, 2.45) is 0 Å². The molecular weight excluding hydrogens is 468 g/mol. The van der Waals surface area contributed by atoms with Gasteiger partial charge in [-0.1, -0.05) is 23.2 Å². The lowest BCUT2D eigenvalue weighted by Gasteiger charge is -2.41. The van der Waals surface area contributed by atoms with Crippen molar-refractivity contribution in [2.45, 2.75) is 19.9 Å². The van der Waals surface area contributed by atoms with Crippen LogP contribution in [0.15, 0.2) is 42.9 Å². The molecule has 1 atom stereocenters. The summed E-state index contributed by atoms with van der Waals surface area (Å²) in [6.45, 7) is 6.13. The number of pyridine rings is 1. The second kappa shape index (κ2) is 9.89. The van der Waals surface area contributed by atoms with Crippen LogP contribution in [0.5, 0.6) is 0 Å². The highest BCUT2D eigenvalue weighted by molar-refractivity contribution is 6.33. The third-order valence-corrected chi connectivity index (χ3v) is 5.99. The normalized spacial score (nSPS) is 16.1. The van der Waals surface area contributed by atoms with Crippen molar-refractivity contribution < 1.29 is 13.9 Å². The van der Waals surface area contributed by atoms with Gasteiger partial charge < -0.3 is 14.5 Å². The lowest BCUT2D eigenvalue weighted by Crippen LogP contribution is -2.52. The molecule has 0 spiro atoms. The van der Waals surface area contributed by atoms with Crippen LogP contribution in [-0.4, -0.2) is 53.2 Å². The van der Waals surface area contributed by atoms with Crippen molar-refractivity contribution in [3.8, 4) is 11.3 Å². The van der Waals surface area contributed by atoms with Crippen LogP contribution in [0.2, 0.25) is 10.0 Å². The van der Waals surface area contributed by atoms with Gasteiger partial charge in [0.25, 0.3) is 0 Å². The molecule has 1 aliphatic heterocycles. The van der Waals surface area contributed by atoms with Crippen molar-refractivity contribution in [2.75, 3.05) is 36.0 Å². The summed E-state index contributed by atoms with van der Waals surface area (Å²) in [6, 6.07) is 8.07. The number of carbonyl (C=O) groups is 1. The first kappa shape index (κ1) is 23.2. The topological polar surface area (TPSA) is 71.5 Å². The molecule has 0 bridgehead atoms. The van der Waals surface area contributed by atoms with Crippen LogP contribution < -0.4 is 9.80 Å². The van der Waals surface area contributed by atoms with E-state index in [0.29, 0.717) is 47.3 Å². The van der Waals surface area contributed by atoms with E-state index in [4.69, 9.17) is 27.9 Å². The minimum absolute atomic E-state index is 0.0491. The lowest BCUT2D eigenvalue weighted by molar-refractivity contribution is 0.0526. The Labute approximate surface area is 201 Å². The van der Waals surface area contributed by atoms with Crippen LogP contribution in [0.25, 0.3) is 11.3 Å². The van der Waals surface area contributed by atoms with E-state index in [2.05, 4.69) is 31.7 Å². The van der Waals surface area contributed by atoms with E-state index in [1.165, 1.54) is 18.6 Å². The Bertz CT molecular complexity index is 1180. The zero-order valence-electron chi connectivity index (χ0n) is 18.1. The Hall–Kier alpha value is -2.97. The minimum atomic E-state index is -0.470. The number of aromatic nitrogens is 3. The average molecular weight is 490 g/mol. The maximum atomic E-state index is 13.5. The predicted molar refractivity (Wildman–Crippen MR) is 127 cm³/mol. The molecule has 3 aromatic rings. The Morgan fingerprint density at radius 1 is 1.15 bits per heavy atom. The molecule has 0 N–H and O–H groups in total. The zero-order valence-corrected chi connectivity index (χ0v) is 19.6. The summed E-state index contributed by atoms with van der Waals surface area (Å²) in [5.74, 6) is 0.477. The zero-order chi connectivity index (χ0) is 23.5. The largest absolute Gasteiger partial charge is 0.462 e. The lowest BCUT2D eigenvalue weighted by atomic mass is 10.1. The maximum Gasteiger partial charge on any atom is 0.339 e. The number of hydrogen-bond donors (Lipinski definition) is 0. The molecule has 7 nitrogen and oxygen atoms in total. The number of hydrogen-bond acceptors (Lipinski definition) is 7. The molecule has 2 aromatic heterocycles. The molecule has 3 heterocycles. The summed E-state index contributed by atoms with van der Waals surface area (Å²) in [5, 5.41) is 0.451. The number of carbonyl (C=O) groups excluding carboxylic acids is 1. The molecule has 1 fully saturated rings. The van der Waals surface area contributed by atoms with Gasteiger partial charge in [0.2, 0.25) is 0 Å². The van der Waals surface area contributed by atoms with Crippen LogP contribution in [0.3, 0.4) is 0 Å². The van der Waals surface area contributed by atoms with Crippen molar-refractivity contribution in [1.82, 2.24) is 15.0 Å². The number of benzene rings is 1. The first-order chi connectivity index (χ1) is 15.9. The molecule has 172 valence electrons. The number of nitrogens with zero attached hydrogens (tertiary/aromatic N) is 5. The number of halogens is 3. The Morgan fingerprint density at radius 3 is 2.67 bits per heavy atom. The smallest absolute Gasteiger partial charge is 0.339 e. The number of anilines is 2. The van der Waals surface area contributed by atoms with E-state index >= 15 is 0 Å². The summed E-state index contributed by atoms with van der Waals surface area (Å²) in [5.41, 5.74) is 1.71. The molecule has 1 aromatic carbocycles. The summed E-state index contributed by atoms with van der Waals surface area (Å²) >= 11 is 12.4. The average Bonchev–Trinajstić information content (AvgIpc) is 2.81. The SMILES string of the molecule is CCOC(=O)c1cnc(N2CCN(c3cc(-c4ccc(F)c(Cl)c4)ncn3)C(C)C2)c(Cl)c1. The van der Waals surface area contributed by atoms with Gasteiger partial charge in [0, 0.05) is 43.5 Å². The molecule has 0 radical (unpaired) electrons. The Morgan fingerprint density at radius 2 is 1.97 bits per heavy atom. The molecule has 0 aliphatic carbocycles. The first-order valence-electron chi connectivity index (χ1n) is 10.5. The highest BCUT2D eigenvalue weighted by Crippen LogP contribution is 2.30. The fraction of sp³-hybridized carbons (Fsp3) is 0.304. The van der Waals surface area contributed by atoms with Gasteiger partial charge in [-0.25, -0.2) is 24.1 Å². The van der Waals surface area contributed by atoms with Crippen molar-refractivity contribution in [1.29, 1.82) is 0 Å². The highest BCUT2D eigenvalue weighted by atomic mass is 35.5. The van der Waals surface area contributed by atoms with E-state index in [0.717, 1.165) is 5.82 Å². The Balaban J connectivity index is 1.50. The maximum absolute atomic E-state index is 13.5. The minimum Gasteiger partial charge on any atom is -0.462 e. The van der Waals surface area contributed by atoms with Crippen molar-refractivity contribution in [3.05, 3.63) is 64.3 Å². The number of ether oxygens (including phenoxy) is 1. The van der Waals surface area contributed by atoms with E-state index in [1.807, 2.05) is 6.07 Å². The third kappa shape index (κ3) is 5.02. The number of piperazine rings is 1. The quantitative estimate of drug-likeness (QED) is 0.473.